The Kier molecular flexibility index (Phi) is 4.18. The van der Waals surface area contributed by atoms with Crippen molar-refractivity contribution >= 4 is 5.91 Å². The standard InChI is InChI=1S/C15H25N3O2/c1-11-13(12(2)17(4)16-11)6-7-14(19)18-9-5-8-15(3,20)10-18/h20H,5-10H2,1-4H3. The molecule has 0 aromatic carbocycles. The van der Waals surface area contributed by atoms with E-state index in [-0.39, 0.29) is 5.91 Å². The Morgan fingerprint density at radius 3 is 2.70 bits per heavy atom. The Morgan fingerprint density at radius 2 is 2.15 bits per heavy atom. The van der Waals surface area contributed by atoms with Crippen molar-refractivity contribution in [3.8, 4) is 0 Å². The number of carbonyl (C=O) groups excluding carboxylic acids is 1. The van der Waals surface area contributed by atoms with Gasteiger partial charge in [0.05, 0.1) is 11.3 Å². The Bertz CT molecular complexity index is 505. The van der Waals surface area contributed by atoms with Gasteiger partial charge < -0.3 is 10.0 Å². The van der Waals surface area contributed by atoms with Crippen molar-refractivity contribution < 1.29 is 9.90 Å². The molecular formula is C15H25N3O2. The zero-order valence-electron chi connectivity index (χ0n) is 12.9. The van der Waals surface area contributed by atoms with Crippen LogP contribution in [-0.4, -0.2) is 44.4 Å². The van der Waals surface area contributed by atoms with Crippen molar-refractivity contribution in [2.45, 2.75) is 52.1 Å². The zero-order chi connectivity index (χ0) is 14.9. The fourth-order valence-corrected chi connectivity index (χ4v) is 3.00. The second kappa shape index (κ2) is 5.56. The summed E-state index contributed by atoms with van der Waals surface area (Å²) in [5, 5.41) is 14.4. The number of aryl methyl sites for hydroxylation is 2. The van der Waals surface area contributed by atoms with Crippen molar-refractivity contribution in [2.24, 2.45) is 7.05 Å². The maximum atomic E-state index is 12.3. The van der Waals surface area contributed by atoms with Gasteiger partial charge in [0, 0.05) is 32.3 Å². The highest BCUT2D eigenvalue weighted by Crippen LogP contribution is 2.21. The number of rotatable bonds is 3. The highest BCUT2D eigenvalue weighted by molar-refractivity contribution is 5.76. The lowest BCUT2D eigenvalue weighted by atomic mass is 9.94. The summed E-state index contributed by atoms with van der Waals surface area (Å²) in [4.78, 5) is 14.1. The van der Waals surface area contributed by atoms with Gasteiger partial charge in [0.1, 0.15) is 0 Å². The first-order valence-electron chi connectivity index (χ1n) is 7.29. The van der Waals surface area contributed by atoms with E-state index in [0.29, 0.717) is 13.0 Å². The molecule has 1 unspecified atom stereocenters. The molecule has 1 saturated heterocycles. The van der Waals surface area contributed by atoms with Gasteiger partial charge in [-0.25, -0.2) is 0 Å². The topological polar surface area (TPSA) is 58.4 Å². The third kappa shape index (κ3) is 3.20. The first kappa shape index (κ1) is 15.0. The van der Waals surface area contributed by atoms with Crippen LogP contribution in [0.15, 0.2) is 0 Å². The monoisotopic (exact) mass is 279 g/mol. The lowest BCUT2D eigenvalue weighted by Gasteiger charge is -2.36. The van der Waals surface area contributed by atoms with E-state index in [1.54, 1.807) is 4.90 Å². The molecule has 1 aliphatic heterocycles. The maximum Gasteiger partial charge on any atom is 0.223 e. The van der Waals surface area contributed by atoms with E-state index in [1.165, 1.54) is 5.56 Å². The second-order valence-corrected chi connectivity index (χ2v) is 6.19. The third-order valence-electron chi connectivity index (χ3n) is 4.28. The van der Waals surface area contributed by atoms with Crippen LogP contribution in [0.3, 0.4) is 0 Å². The number of nitrogens with zero attached hydrogens (tertiary/aromatic N) is 3. The summed E-state index contributed by atoms with van der Waals surface area (Å²) in [5.74, 6) is 0.132. The molecule has 5 heteroatoms. The van der Waals surface area contributed by atoms with Gasteiger partial charge in [-0.3, -0.25) is 9.48 Å². The molecule has 1 aromatic heterocycles. The van der Waals surface area contributed by atoms with E-state index in [1.807, 2.05) is 32.5 Å². The Labute approximate surface area is 120 Å². The predicted octanol–water partition coefficient (Wildman–Crippen LogP) is 1.34. The van der Waals surface area contributed by atoms with Crippen molar-refractivity contribution in [2.75, 3.05) is 13.1 Å². The van der Waals surface area contributed by atoms with Crippen molar-refractivity contribution in [3.05, 3.63) is 17.0 Å². The van der Waals surface area contributed by atoms with Crippen molar-refractivity contribution in [1.29, 1.82) is 0 Å². The molecular weight excluding hydrogens is 254 g/mol. The fourth-order valence-electron chi connectivity index (χ4n) is 3.00. The Balaban J connectivity index is 1.95. The minimum absolute atomic E-state index is 0.132. The van der Waals surface area contributed by atoms with E-state index in [9.17, 15) is 9.90 Å². The van der Waals surface area contributed by atoms with Crippen LogP contribution in [0.5, 0.6) is 0 Å². The second-order valence-electron chi connectivity index (χ2n) is 6.19. The summed E-state index contributed by atoms with van der Waals surface area (Å²) in [7, 11) is 1.93. The van der Waals surface area contributed by atoms with Gasteiger partial charge >= 0.3 is 0 Å². The van der Waals surface area contributed by atoms with Crippen LogP contribution < -0.4 is 0 Å². The number of aromatic nitrogens is 2. The molecule has 0 bridgehead atoms. The molecule has 1 amide bonds. The molecule has 1 aromatic rings. The molecule has 1 atom stereocenters. The molecule has 1 N–H and O–H groups in total. The summed E-state index contributed by atoms with van der Waals surface area (Å²) < 4.78 is 1.86. The van der Waals surface area contributed by atoms with E-state index in [0.717, 1.165) is 37.2 Å². The van der Waals surface area contributed by atoms with Crippen molar-refractivity contribution in [1.82, 2.24) is 14.7 Å². The predicted molar refractivity (Wildman–Crippen MR) is 77.4 cm³/mol. The van der Waals surface area contributed by atoms with E-state index in [2.05, 4.69) is 5.10 Å². The molecule has 20 heavy (non-hydrogen) atoms. The van der Waals surface area contributed by atoms with Crippen LogP contribution in [0.4, 0.5) is 0 Å². The summed E-state index contributed by atoms with van der Waals surface area (Å²) >= 11 is 0. The number of amides is 1. The molecule has 0 saturated carbocycles. The van der Waals surface area contributed by atoms with E-state index >= 15 is 0 Å². The molecule has 0 radical (unpaired) electrons. The maximum absolute atomic E-state index is 12.3. The first-order chi connectivity index (χ1) is 9.30. The largest absolute Gasteiger partial charge is 0.388 e. The zero-order valence-corrected chi connectivity index (χ0v) is 12.9. The summed E-state index contributed by atoms with van der Waals surface area (Å²) in [6.45, 7) is 7.04. The van der Waals surface area contributed by atoms with Crippen LogP contribution in [0.1, 0.15) is 43.1 Å². The lowest BCUT2D eigenvalue weighted by Crippen LogP contribution is -2.48. The van der Waals surface area contributed by atoms with E-state index in [4.69, 9.17) is 0 Å². The van der Waals surface area contributed by atoms with Crippen LogP contribution in [0, 0.1) is 13.8 Å². The number of likely N-dealkylation sites (tertiary alicyclic amines) is 1. The van der Waals surface area contributed by atoms with E-state index < -0.39 is 5.60 Å². The van der Waals surface area contributed by atoms with Gasteiger partial charge in [0.2, 0.25) is 5.91 Å². The summed E-state index contributed by atoms with van der Waals surface area (Å²) in [6.07, 6.45) is 2.87. The molecule has 0 aliphatic carbocycles. The molecule has 1 fully saturated rings. The SMILES string of the molecule is Cc1nn(C)c(C)c1CCC(=O)N1CCCC(C)(O)C1. The Hall–Kier alpha value is -1.36. The third-order valence-corrected chi connectivity index (χ3v) is 4.28. The van der Waals surface area contributed by atoms with Crippen LogP contribution in [0.25, 0.3) is 0 Å². The molecule has 2 rings (SSSR count). The van der Waals surface area contributed by atoms with Gasteiger partial charge in [0.25, 0.3) is 0 Å². The highest BCUT2D eigenvalue weighted by atomic mass is 16.3. The van der Waals surface area contributed by atoms with Gasteiger partial charge in [-0.2, -0.15) is 5.10 Å². The van der Waals surface area contributed by atoms with Crippen molar-refractivity contribution in [3.63, 3.8) is 0 Å². The first-order valence-corrected chi connectivity index (χ1v) is 7.29. The minimum Gasteiger partial charge on any atom is -0.388 e. The average molecular weight is 279 g/mol. The lowest BCUT2D eigenvalue weighted by molar-refractivity contribution is -0.137. The summed E-state index contributed by atoms with van der Waals surface area (Å²) in [5.41, 5.74) is 2.57. The molecule has 0 spiro atoms. The van der Waals surface area contributed by atoms with Gasteiger partial charge in [-0.1, -0.05) is 0 Å². The fraction of sp³-hybridized carbons (Fsp3) is 0.733. The number of hydrogen-bond donors (Lipinski definition) is 1. The number of piperidine rings is 1. The molecule has 2 heterocycles. The smallest absolute Gasteiger partial charge is 0.223 e. The minimum atomic E-state index is -0.728. The highest BCUT2D eigenvalue weighted by Gasteiger charge is 2.30. The van der Waals surface area contributed by atoms with Gasteiger partial charge in [-0.05, 0) is 45.6 Å². The molecule has 1 aliphatic rings. The number of hydrogen-bond acceptors (Lipinski definition) is 3. The number of aliphatic hydroxyl groups is 1. The quantitative estimate of drug-likeness (QED) is 0.908. The molecule has 5 nitrogen and oxygen atoms in total. The van der Waals surface area contributed by atoms with Crippen LogP contribution in [-0.2, 0) is 18.3 Å². The van der Waals surface area contributed by atoms with Crippen LogP contribution >= 0.6 is 0 Å². The summed E-state index contributed by atoms with van der Waals surface area (Å²) in [6, 6.07) is 0. The number of β-amino-alcohol motifs (C(OH)–C–C–N with tert-alkyl or cyclic N) is 1. The normalized spacial score (nSPS) is 23.1. The van der Waals surface area contributed by atoms with Crippen LogP contribution in [0.2, 0.25) is 0 Å². The average Bonchev–Trinajstić information content (AvgIpc) is 2.60. The Morgan fingerprint density at radius 1 is 1.45 bits per heavy atom. The molecule has 112 valence electrons. The van der Waals surface area contributed by atoms with Gasteiger partial charge in [0.15, 0.2) is 0 Å². The number of carbonyl (C=O) groups is 1. The van der Waals surface area contributed by atoms with Gasteiger partial charge in [-0.15, -0.1) is 0 Å².